The zero-order valence-corrected chi connectivity index (χ0v) is 17.8. The number of benzene rings is 1. The molecule has 1 aromatic carbocycles. The second-order valence-electron chi connectivity index (χ2n) is 8.15. The highest BCUT2D eigenvalue weighted by molar-refractivity contribution is 5.92. The third-order valence-electron chi connectivity index (χ3n) is 5.55. The van der Waals surface area contributed by atoms with Crippen molar-refractivity contribution in [2.75, 3.05) is 27.2 Å². The largest absolute Gasteiger partial charge is 0.503 e. The first-order chi connectivity index (χ1) is 14.8. The van der Waals surface area contributed by atoms with Crippen LogP contribution in [0.5, 0.6) is 5.75 Å². The molecule has 1 fully saturated rings. The van der Waals surface area contributed by atoms with Crippen molar-refractivity contribution in [3.05, 3.63) is 57.5 Å². The zero-order chi connectivity index (χ0) is 23.8. The topological polar surface area (TPSA) is 95.7 Å². The quantitative estimate of drug-likeness (QED) is 0.720. The van der Waals surface area contributed by atoms with Gasteiger partial charge in [0.2, 0.25) is 0 Å². The summed E-state index contributed by atoms with van der Waals surface area (Å²) in [5.41, 5.74) is -2.87. The van der Waals surface area contributed by atoms with Crippen LogP contribution in [-0.2, 0) is 18.1 Å². The number of hydrogen-bond donors (Lipinski definition) is 1. The Hall–Kier alpha value is -3.37. The van der Waals surface area contributed by atoms with Crippen molar-refractivity contribution in [3.63, 3.8) is 0 Å². The van der Waals surface area contributed by atoms with Gasteiger partial charge in [-0.25, -0.2) is 4.79 Å². The number of hydrogen-bond acceptors (Lipinski definition) is 5. The van der Waals surface area contributed by atoms with E-state index in [-0.39, 0.29) is 19.1 Å². The number of ketones is 1. The number of nitrogens with zero attached hydrogens (tertiary/aromatic N) is 4. The molecule has 1 aliphatic rings. The van der Waals surface area contributed by atoms with Gasteiger partial charge in [-0.1, -0.05) is 18.2 Å². The van der Waals surface area contributed by atoms with E-state index in [4.69, 9.17) is 0 Å². The minimum absolute atomic E-state index is 0.0559. The Morgan fingerprint density at radius 2 is 1.97 bits per heavy atom. The molecule has 3 rings (SSSR count). The fourth-order valence-corrected chi connectivity index (χ4v) is 3.95. The molecular formula is C21H23F3N4O4. The van der Waals surface area contributed by atoms with Gasteiger partial charge in [0.1, 0.15) is 0 Å². The molecule has 2 heterocycles. The number of alkyl halides is 3. The van der Waals surface area contributed by atoms with Gasteiger partial charge in [0.15, 0.2) is 17.2 Å². The summed E-state index contributed by atoms with van der Waals surface area (Å²) in [5.74, 6) is -1.34. The number of urea groups is 1. The van der Waals surface area contributed by atoms with E-state index in [1.807, 2.05) is 0 Å². The van der Waals surface area contributed by atoms with E-state index >= 15 is 0 Å². The van der Waals surface area contributed by atoms with Gasteiger partial charge in [-0.3, -0.25) is 14.3 Å². The van der Waals surface area contributed by atoms with Crippen LogP contribution in [0.25, 0.3) is 0 Å². The Balaban J connectivity index is 2.10. The van der Waals surface area contributed by atoms with Gasteiger partial charge in [-0.2, -0.15) is 18.3 Å². The molecule has 0 spiro atoms. The first kappa shape index (κ1) is 23.3. The minimum Gasteiger partial charge on any atom is -0.503 e. The SMILES string of the molecule is CC(=O)c1nn(CC2(c3cccc(C(F)(F)F)c3)CCN(C(=O)N(C)C)C2)cc(O)c1=O. The number of carbonyl (C=O) groups is 2. The fraction of sp³-hybridized carbons (Fsp3) is 0.429. The summed E-state index contributed by atoms with van der Waals surface area (Å²) in [6.07, 6.45) is -3.19. The van der Waals surface area contributed by atoms with E-state index in [0.29, 0.717) is 18.5 Å². The molecule has 2 amide bonds. The average molecular weight is 452 g/mol. The molecule has 0 saturated carbocycles. The van der Waals surface area contributed by atoms with Crippen molar-refractivity contribution >= 4 is 11.8 Å². The van der Waals surface area contributed by atoms with E-state index in [1.165, 1.54) is 20.5 Å². The van der Waals surface area contributed by atoms with Crippen molar-refractivity contribution in [3.8, 4) is 5.75 Å². The molecule has 1 aromatic heterocycles. The van der Waals surface area contributed by atoms with E-state index < -0.39 is 39.8 Å². The molecule has 0 radical (unpaired) electrons. The van der Waals surface area contributed by atoms with Crippen molar-refractivity contribution in [1.82, 2.24) is 19.6 Å². The number of halogens is 3. The van der Waals surface area contributed by atoms with Crippen LogP contribution in [0.4, 0.5) is 18.0 Å². The van der Waals surface area contributed by atoms with E-state index in [9.17, 15) is 32.7 Å². The predicted molar refractivity (Wildman–Crippen MR) is 109 cm³/mol. The van der Waals surface area contributed by atoms with Crippen molar-refractivity contribution < 1.29 is 27.9 Å². The number of likely N-dealkylation sites (tertiary alicyclic amines) is 1. The van der Waals surface area contributed by atoms with Gasteiger partial charge < -0.3 is 14.9 Å². The highest BCUT2D eigenvalue weighted by atomic mass is 19.4. The monoisotopic (exact) mass is 452 g/mol. The minimum atomic E-state index is -4.55. The van der Waals surface area contributed by atoms with Gasteiger partial charge in [0.05, 0.1) is 18.3 Å². The zero-order valence-electron chi connectivity index (χ0n) is 17.8. The second kappa shape index (κ2) is 8.29. The Morgan fingerprint density at radius 3 is 2.56 bits per heavy atom. The van der Waals surface area contributed by atoms with Crippen LogP contribution in [-0.4, -0.2) is 63.7 Å². The molecule has 172 valence electrons. The third-order valence-corrected chi connectivity index (χ3v) is 5.55. The van der Waals surface area contributed by atoms with Crippen LogP contribution in [0.2, 0.25) is 0 Å². The first-order valence-corrected chi connectivity index (χ1v) is 9.80. The standard InChI is InChI=1S/C21H23F3N4O4/c1-13(29)17-18(31)16(30)10-28(25-17)12-20(7-8-27(11-20)19(32)26(2)3)14-5-4-6-15(9-14)21(22,23)24/h4-6,9-10,30H,7-8,11-12H2,1-3H3. The van der Waals surface area contributed by atoms with Crippen molar-refractivity contribution in [1.29, 1.82) is 0 Å². The maximum absolute atomic E-state index is 13.4. The number of aromatic hydroxyl groups is 1. The van der Waals surface area contributed by atoms with Gasteiger partial charge in [0.25, 0.3) is 5.43 Å². The lowest BCUT2D eigenvalue weighted by atomic mass is 9.79. The highest BCUT2D eigenvalue weighted by Crippen LogP contribution is 2.39. The Kier molecular flexibility index (Phi) is 6.03. The molecule has 0 bridgehead atoms. The average Bonchev–Trinajstić information content (AvgIpc) is 3.14. The lowest BCUT2D eigenvalue weighted by molar-refractivity contribution is -0.137. The second-order valence-corrected chi connectivity index (χ2v) is 8.15. The summed E-state index contributed by atoms with van der Waals surface area (Å²) in [4.78, 5) is 39.2. The van der Waals surface area contributed by atoms with Crippen molar-refractivity contribution in [2.24, 2.45) is 0 Å². The van der Waals surface area contributed by atoms with Crippen LogP contribution in [0, 0.1) is 0 Å². The van der Waals surface area contributed by atoms with E-state index in [0.717, 1.165) is 25.3 Å². The summed E-state index contributed by atoms with van der Waals surface area (Å²) in [5, 5.41) is 14.0. The molecule has 2 aromatic rings. The molecular weight excluding hydrogens is 429 g/mol. The molecule has 11 heteroatoms. The number of aromatic nitrogens is 2. The van der Waals surface area contributed by atoms with Crippen LogP contribution >= 0.6 is 0 Å². The maximum Gasteiger partial charge on any atom is 0.416 e. The van der Waals surface area contributed by atoms with Crippen LogP contribution < -0.4 is 5.43 Å². The summed E-state index contributed by atoms with van der Waals surface area (Å²) in [6, 6.07) is 4.56. The smallest absolute Gasteiger partial charge is 0.416 e. The van der Waals surface area contributed by atoms with Gasteiger partial charge in [0, 0.05) is 39.5 Å². The Labute approximate surface area is 181 Å². The third kappa shape index (κ3) is 4.46. The molecule has 0 aliphatic carbocycles. The van der Waals surface area contributed by atoms with Gasteiger partial charge >= 0.3 is 12.2 Å². The Bertz CT molecular complexity index is 1110. The summed E-state index contributed by atoms with van der Waals surface area (Å²) < 4.78 is 41.3. The van der Waals surface area contributed by atoms with Gasteiger partial charge in [-0.15, -0.1) is 0 Å². The summed E-state index contributed by atoms with van der Waals surface area (Å²) in [7, 11) is 3.15. The van der Waals surface area contributed by atoms with Gasteiger partial charge in [-0.05, 0) is 18.1 Å². The number of rotatable bonds is 4. The lowest BCUT2D eigenvalue weighted by Gasteiger charge is -2.31. The molecule has 1 saturated heterocycles. The van der Waals surface area contributed by atoms with E-state index in [2.05, 4.69) is 5.10 Å². The Morgan fingerprint density at radius 1 is 1.28 bits per heavy atom. The first-order valence-electron chi connectivity index (χ1n) is 9.80. The molecule has 32 heavy (non-hydrogen) atoms. The molecule has 1 N–H and O–H groups in total. The molecule has 1 unspecified atom stereocenters. The number of Topliss-reactive ketones (excluding diaryl/α,β-unsaturated/α-hetero) is 1. The fourth-order valence-electron chi connectivity index (χ4n) is 3.95. The van der Waals surface area contributed by atoms with Crippen LogP contribution in [0.1, 0.15) is 35.0 Å². The van der Waals surface area contributed by atoms with E-state index in [1.54, 1.807) is 20.2 Å². The van der Waals surface area contributed by atoms with Crippen molar-refractivity contribution in [2.45, 2.75) is 31.5 Å². The number of amides is 2. The molecule has 1 aliphatic heterocycles. The normalized spacial score (nSPS) is 18.6. The predicted octanol–water partition coefficient (Wildman–Crippen LogP) is 2.50. The molecule has 1 atom stereocenters. The number of carbonyl (C=O) groups excluding carboxylic acids is 2. The lowest BCUT2D eigenvalue weighted by Crippen LogP contribution is -2.42. The summed E-state index contributed by atoms with van der Waals surface area (Å²) >= 11 is 0. The molecule has 8 nitrogen and oxygen atoms in total. The van der Waals surface area contributed by atoms with Crippen LogP contribution in [0.15, 0.2) is 35.3 Å². The van der Waals surface area contributed by atoms with Crippen LogP contribution in [0.3, 0.4) is 0 Å². The highest BCUT2D eigenvalue weighted by Gasteiger charge is 2.43. The maximum atomic E-state index is 13.4. The summed E-state index contributed by atoms with van der Waals surface area (Å²) in [6.45, 7) is 1.46.